The van der Waals surface area contributed by atoms with Crippen LogP contribution >= 0.6 is 24.8 Å². The second-order valence-corrected chi connectivity index (χ2v) is 4.80. The zero-order valence-electron chi connectivity index (χ0n) is 10.7. The summed E-state index contributed by atoms with van der Waals surface area (Å²) in [5.74, 6) is 0.622. The third-order valence-corrected chi connectivity index (χ3v) is 1.83. The predicted octanol–water partition coefficient (Wildman–Crippen LogP) is 1.56. The highest BCUT2D eigenvalue weighted by Crippen LogP contribution is 2.10. The van der Waals surface area contributed by atoms with E-state index in [-0.39, 0.29) is 11.8 Å². The number of aliphatic hydroxyl groups is 1. The van der Waals surface area contributed by atoms with Gasteiger partial charge < -0.3 is 20.9 Å². The monoisotopic (exact) mass is 303 g/mol. The van der Waals surface area contributed by atoms with E-state index in [0.29, 0.717) is 5.82 Å². The molecule has 0 radical (unpaired) electrons. The summed E-state index contributed by atoms with van der Waals surface area (Å²) in [5.41, 5.74) is 3.65. The van der Waals surface area contributed by atoms with Gasteiger partial charge in [0, 0.05) is 6.20 Å². The molecule has 0 spiro atoms. The number of hydrogen-bond acceptors (Lipinski definition) is 5. The molecule has 6 nitrogen and oxygen atoms in total. The minimum atomic E-state index is -0.682. The van der Waals surface area contributed by atoms with E-state index < -0.39 is 10.8 Å². The number of thiol groups is 1. The summed E-state index contributed by atoms with van der Waals surface area (Å²) in [6.45, 7) is 3.40. The molecule has 1 heterocycles. The second-order valence-electron chi connectivity index (χ2n) is 3.99. The van der Waals surface area contributed by atoms with E-state index in [1.54, 1.807) is 26.1 Å². The number of nitrogens with two attached hydrogens (primary N) is 1. The van der Waals surface area contributed by atoms with Gasteiger partial charge in [0.15, 0.2) is 0 Å². The van der Waals surface area contributed by atoms with Crippen molar-refractivity contribution < 1.29 is 14.6 Å². The molecule has 1 aromatic rings. The molecule has 0 aliphatic rings. The summed E-state index contributed by atoms with van der Waals surface area (Å²) < 4.78 is 5.32. The Morgan fingerprint density at radius 1 is 1.63 bits per heavy atom. The van der Waals surface area contributed by atoms with E-state index in [4.69, 9.17) is 26.9 Å². The summed E-state index contributed by atoms with van der Waals surface area (Å²) in [4.78, 5) is 13.1. The molecule has 0 aliphatic heterocycles. The van der Waals surface area contributed by atoms with Gasteiger partial charge in [-0.05, 0) is 38.2 Å². The molecule has 8 heteroatoms. The summed E-state index contributed by atoms with van der Waals surface area (Å²) in [5, 5.41) is 11.4. The Balaban J connectivity index is 0.000000711. The van der Waals surface area contributed by atoms with Crippen LogP contribution in [0.2, 0.25) is 0 Å². The van der Waals surface area contributed by atoms with Crippen LogP contribution < -0.4 is 11.1 Å². The van der Waals surface area contributed by atoms with Gasteiger partial charge in [0.05, 0.1) is 6.61 Å². The Morgan fingerprint density at radius 3 is 2.63 bits per heavy atom. The standard InChI is InChI=1S/C10H14N2O2S.CH3NOS/c1-10(2,7-13)14-9(15)12-8-5-3-4-6-11-8;2-1(3)4/h3-6,13H,7H2,1-2H3,(H,11,12,15);(H3,2,3,4). The van der Waals surface area contributed by atoms with Crippen molar-refractivity contribution in [2.24, 2.45) is 5.73 Å². The Hall–Kier alpha value is -1.38. The lowest BCUT2D eigenvalue weighted by Gasteiger charge is -2.24. The third kappa shape index (κ3) is 10.2. The normalized spacial score (nSPS) is 9.89. The van der Waals surface area contributed by atoms with Crippen LogP contribution in [0.5, 0.6) is 0 Å². The van der Waals surface area contributed by atoms with Crippen LogP contribution in [0.3, 0.4) is 0 Å². The fourth-order valence-corrected chi connectivity index (χ4v) is 1.18. The zero-order valence-corrected chi connectivity index (χ0v) is 12.4. The minimum absolute atomic E-state index is 0.100. The zero-order chi connectivity index (χ0) is 14.9. The molecule has 0 aliphatic carbocycles. The SMILES string of the molecule is CC(C)(CO)OC(=S)Nc1ccccn1.NC(=O)S. The Bertz CT molecular complexity index is 409. The molecule has 0 aromatic carbocycles. The smallest absolute Gasteiger partial charge is 0.273 e. The van der Waals surface area contributed by atoms with Gasteiger partial charge in [-0.1, -0.05) is 18.7 Å². The maximum atomic E-state index is 9.09. The summed E-state index contributed by atoms with van der Waals surface area (Å²) in [6.07, 6.45) is 1.65. The van der Waals surface area contributed by atoms with E-state index in [1.165, 1.54) is 0 Å². The van der Waals surface area contributed by atoms with Crippen molar-refractivity contribution in [3.05, 3.63) is 24.4 Å². The van der Waals surface area contributed by atoms with Gasteiger partial charge in [-0.2, -0.15) is 0 Å². The lowest BCUT2D eigenvalue weighted by molar-refractivity contribution is 0.0335. The Kier molecular flexibility index (Phi) is 8.05. The molecule has 106 valence electrons. The maximum absolute atomic E-state index is 9.09. The van der Waals surface area contributed by atoms with Crippen LogP contribution in [0, 0.1) is 0 Å². The highest BCUT2D eigenvalue weighted by molar-refractivity contribution is 7.96. The fourth-order valence-electron chi connectivity index (χ4n) is 0.850. The number of carbonyl (C=O) groups is 1. The first-order valence-electron chi connectivity index (χ1n) is 5.27. The number of aromatic nitrogens is 1. The van der Waals surface area contributed by atoms with Crippen molar-refractivity contribution in [2.75, 3.05) is 11.9 Å². The fraction of sp³-hybridized carbons (Fsp3) is 0.364. The molecule has 1 aromatic heterocycles. The third-order valence-electron chi connectivity index (χ3n) is 1.64. The number of nitrogens with one attached hydrogen (secondary N) is 1. The van der Waals surface area contributed by atoms with E-state index in [1.807, 2.05) is 12.1 Å². The molecule has 0 fully saturated rings. The molecular weight excluding hydrogens is 286 g/mol. The number of amides is 1. The van der Waals surface area contributed by atoms with Gasteiger partial charge in [0.2, 0.25) is 0 Å². The first-order chi connectivity index (χ1) is 8.76. The van der Waals surface area contributed by atoms with Crippen LogP contribution in [0.25, 0.3) is 0 Å². The van der Waals surface area contributed by atoms with Crippen molar-refractivity contribution in [1.82, 2.24) is 4.98 Å². The van der Waals surface area contributed by atoms with E-state index in [9.17, 15) is 0 Å². The number of aliphatic hydroxyl groups excluding tert-OH is 1. The molecule has 1 rings (SSSR count). The van der Waals surface area contributed by atoms with Crippen LogP contribution in [0.15, 0.2) is 24.4 Å². The van der Waals surface area contributed by atoms with Gasteiger partial charge in [-0.15, -0.1) is 0 Å². The highest BCUT2D eigenvalue weighted by atomic mass is 32.1. The number of carbonyl (C=O) groups excluding carboxylic acids is 1. The Labute approximate surface area is 122 Å². The lowest BCUT2D eigenvalue weighted by atomic mass is 10.2. The molecule has 0 saturated carbocycles. The number of pyridine rings is 1. The van der Waals surface area contributed by atoms with Gasteiger partial charge in [-0.3, -0.25) is 4.79 Å². The number of anilines is 1. The van der Waals surface area contributed by atoms with Crippen molar-refractivity contribution in [2.45, 2.75) is 19.4 Å². The number of ether oxygens (including phenoxy) is 1. The Morgan fingerprint density at radius 2 is 2.21 bits per heavy atom. The van der Waals surface area contributed by atoms with Gasteiger partial charge in [0.1, 0.15) is 11.4 Å². The molecule has 19 heavy (non-hydrogen) atoms. The van der Waals surface area contributed by atoms with Crippen LogP contribution in [-0.4, -0.2) is 32.7 Å². The quantitative estimate of drug-likeness (QED) is 0.500. The van der Waals surface area contributed by atoms with E-state index in [0.717, 1.165) is 0 Å². The minimum Gasteiger partial charge on any atom is -0.462 e. The molecular formula is C11H17N3O3S2. The lowest BCUT2D eigenvalue weighted by Crippen LogP contribution is -2.34. The topological polar surface area (TPSA) is 97.5 Å². The summed E-state index contributed by atoms with van der Waals surface area (Å²) >= 11 is 8.07. The predicted molar refractivity (Wildman–Crippen MR) is 81.3 cm³/mol. The van der Waals surface area contributed by atoms with Crippen LogP contribution in [-0.2, 0) is 4.74 Å². The highest BCUT2D eigenvalue weighted by Gasteiger charge is 2.19. The van der Waals surface area contributed by atoms with Gasteiger partial charge >= 0.3 is 0 Å². The van der Waals surface area contributed by atoms with Crippen molar-refractivity contribution >= 4 is 41.1 Å². The first kappa shape index (κ1) is 17.6. The van der Waals surface area contributed by atoms with Gasteiger partial charge in [0.25, 0.3) is 10.4 Å². The largest absolute Gasteiger partial charge is 0.462 e. The number of nitrogens with zero attached hydrogens (tertiary/aromatic N) is 1. The van der Waals surface area contributed by atoms with E-state index >= 15 is 0 Å². The van der Waals surface area contributed by atoms with Crippen LogP contribution in [0.1, 0.15) is 13.8 Å². The van der Waals surface area contributed by atoms with E-state index in [2.05, 4.69) is 28.7 Å². The molecule has 4 N–H and O–H groups in total. The number of thiocarbonyl (C=S) groups is 1. The number of hydrogen-bond donors (Lipinski definition) is 4. The number of rotatable bonds is 3. The second kappa shape index (κ2) is 8.68. The molecule has 0 bridgehead atoms. The number of primary amides is 1. The van der Waals surface area contributed by atoms with Crippen molar-refractivity contribution in [3.8, 4) is 0 Å². The average Bonchev–Trinajstić information content (AvgIpc) is 2.28. The average molecular weight is 303 g/mol. The van der Waals surface area contributed by atoms with Crippen LogP contribution in [0.4, 0.5) is 10.6 Å². The van der Waals surface area contributed by atoms with Gasteiger partial charge in [-0.25, -0.2) is 4.98 Å². The molecule has 0 unspecified atom stereocenters. The summed E-state index contributed by atoms with van der Waals surface area (Å²) in [7, 11) is 0. The first-order valence-corrected chi connectivity index (χ1v) is 6.12. The maximum Gasteiger partial charge on any atom is 0.273 e. The van der Waals surface area contributed by atoms with Crippen molar-refractivity contribution in [3.63, 3.8) is 0 Å². The summed E-state index contributed by atoms with van der Waals surface area (Å²) in [6, 6.07) is 5.43. The van der Waals surface area contributed by atoms with Crippen molar-refractivity contribution in [1.29, 1.82) is 0 Å². The molecule has 0 atom stereocenters. The molecule has 0 saturated heterocycles. The molecule has 1 amide bonds.